The molecular weight excluding hydrogens is 265 g/mol. The minimum Gasteiger partial charge on any atom is -0.326 e. The van der Waals surface area contributed by atoms with Crippen LogP contribution in [0.5, 0.6) is 0 Å². The standard InChI is InChI=1S/C17H20FN3/c1-12-5-6-16-13(8-12)4-3-7-21(16)17-14(10-19-2)9-15(18)11-20-17/h5-6,8-9,11,19H,3-4,7,10H2,1-2H3. The van der Waals surface area contributed by atoms with Crippen LogP contribution in [-0.2, 0) is 13.0 Å². The SMILES string of the molecule is CNCc1cc(F)cnc1N1CCCc2cc(C)ccc21. The smallest absolute Gasteiger partial charge is 0.141 e. The van der Waals surface area contributed by atoms with Gasteiger partial charge in [-0.15, -0.1) is 0 Å². The van der Waals surface area contributed by atoms with Crippen molar-refractivity contribution in [2.75, 3.05) is 18.5 Å². The number of nitrogens with zero attached hydrogens (tertiary/aromatic N) is 2. The number of aryl methyl sites for hydroxylation is 2. The second kappa shape index (κ2) is 5.82. The van der Waals surface area contributed by atoms with Gasteiger partial charge >= 0.3 is 0 Å². The van der Waals surface area contributed by atoms with Crippen LogP contribution in [0.15, 0.2) is 30.5 Å². The summed E-state index contributed by atoms with van der Waals surface area (Å²) >= 11 is 0. The van der Waals surface area contributed by atoms with Gasteiger partial charge in [0.15, 0.2) is 0 Å². The van der Waals surface area contributed by atoms with Crippen LogP contribution in [0.3, 0.4) is 0 Å². The highest BCUT2D eigenvalue weighted by molar-refractivity contribution is 5.68. The maximum Gasteiger partial charge on any atom is 0.141 e. The van der Waals surface area contributed by atoms with E-state index in [1.54, 1.807) is 6.07 Å². The third-order valence-corrected chi connectivity index (χ3v) is 3.89. The predicted molar refractivity (Wildman–Crippen MR) is 83.5 cm³/mol. The van der Waals surface area contributed by atoms with Gasteiger partial charge in [-0.3, -0.25) is 0 Å². The van der Waals surface area contributed by atoms with Crippen LogP contribution >= 0.6 is 0 Å². The second-order valence-corrected chi connectivity index (χ2v) is 5.55. The maximum absolute atomic E-state index is 13.5. The number of halogens is 1. The minimum absolute atomic E-state index is 0.287. The Kier molecular flexibility index (Phi) is 3.88. The maximum atomic E-state index is 13.5. The molecule has 1 aliphatic heterocycles. The summed E-state index contributed by atoms with van der Waals surface area (Å²) in [4.78, 5) is 6.57. The lowest BCUT2D eigenvalue weighted by Gasteiger charge is -2.32. The first kappa shape index (κ1) is 14.0. The molecule has 21 heavy (non-hydrogen) atoms. The molecule has 0 radical (unpaired) electrons. The van der Waals surface area contributed by atoms with Crippen molar-refractivity contribution < 1.29 is 4.39 Å². The Morgan fingerprint density at radius 2 is 2.19 bits per heavy atom. The molecule has 110 valence electrons. The molecule has 1 aromatic carbocycles. The average molecular weight is 285 g/mol. The molecule has 2 heterocycles. The van der Waals surface area contributed by atoms with Crippen LogP contribution < -0.4 is 10.2 Å². The van der Waals surface area contributed by atoms with Crippen molar-refractivity contribution in [1.29, 1.82) is 0 Å². The molecule has 0 amide bonds. The first-order valence-electron chi connectivity index (χ1n) is 7.35. The fraction of sp³-hybridized carbons (Fsp3) is 0.353. The van der Waals surface area contributed by atoms with Gasteiger partial charge in [-0.05, 0) is 44.5 Å². The van der Waals surface area contributed by atoms with Gasteiger partial charge in [0, 0.05) is 24.3 Å². The molecule has 0 fully saturated rings. The van der Waals surface area contributed by atoms with Crippen molar-refractivity contribution in [3.8, 4) is 0 Å². The fourth-order valence-electron chi connectivity index (χ4n) is 2.98. The number of fused-ring (bicyclic) bond motifs is 1. The van der Waals surface area contributed by atoms with Crippen molar-refractivity contribution in [2.24, 2.45) is 0 Å². The number of anilines is 2. The van der Waals surface area contributed by atoms with E-state index < -0.39 is 0 Å². The molecular formula is C17H20FN3. The van der Waals surface area contributed by atoms with E-state index >= 15 is 0 Å². The summed E-state index contributed by atoms with van der Waals surface area (Å²) < 4.78 is 13.5. The summed E-state index contributed by atoms with van der Waals surface area (Å²) in [6.45, 7) is 3.64. The van der Waals surface area contributed by atoms with Gasteiger partial charge < -0.3 is 10.2 Å². The van der Waals surface area contributed by atoms with Crippen LogP contribution in [0.4, 0.5) is 15.9 Å². The quantitative estimate of drug-likeness (QED) is 0.937. The average Bonchev–Trinajstić information content (AvgIpc) is 2.47. The van der Waals surface area contributed by atoms with Crippen molar-refractivity contribution in [1.82, 2.24) is 10.3 Å². The summed E-state index contributed by atoms with van der Waals surface area (Å²) in [7, 11) is 1.86. The highest BCUT2D eigenvalue weighted by Crippen LogP contribution is 2.34. The topological polar surface area (TPSA) is 28.2 Å². The molecule has 0 saturated heterocycles. The minimum atomic E-state index is -0.287. The van der Waals surface area contributed by atoms with Gasteiger partial charge in [-0.2, -0.15) is 0 Å². The zero-order chi connectivity index (χ0) is 14.8. The lowest BCUT2D eigenvalue weighted by Crippen LogP contribution is -2.27. The number of nitrogens with one attached hydrogen (secondary N) is 1. The van der Waals surface area contributed by atoms with Crippen molar-refractivity contribution in [3.63, 3.8) is 0 Å². The van der Waals surface area contributed by atoms with Crippen LogP contribution in [0, 0.1) is 12.7 Å². The van der Waals surface area contributed by atoms with E-state index in [0.717, 1.165) is 30.8 Å². The summed E-state index contributed by atoms with van der Waals surface area (Å²) in [6, 6.07) is 8.08. The van der Waals surface area contributed by atoms with E-state index in [0.29, 0.717) is 6.54 Å². The van der Waals surface area contributed by atoms with Gasteiger partial charge in [0.1, 0.15) is 11.6 Å². The highest BCUT2D eigenvalue weighted by atomic mass is 19.1. The Morgan fingerprint density at radius 1 is 1.33 bits per heavy atom. The first-order valence-corrected chi connectivity index (χ1v) is 7.35. The summed E-state index contributed by atoms with van der Waals surface area (Å²) in [5.41, 5.74) is 4.72. The Labute approximate surface area is 124 Å². The predicted octanol–water partition coefficient (Wildman–Crippen LogP) is 3.33. The molecule has 1 aromatic heterocycles. The number of rotatable bonds is 3. The van der Waals surface area contributed by atoms with Gasteiger partial charge in [0.25, 0.3) is 0 Å². The van der Waals surface area contributed by atoms with Crippen molar-refractivity contribution in [3.05, 3.63) is 53.0 Å². The summed E-state index contributed by atoms with van der Waals surface area (Å²) in [5, 5.41) is 3.09. The third kappa shape index (κ3) is 2.76. The Morgan fingerprint density at radius 3 is 3.00 bits per heavy atom. The number of benzene rings is 1. The molecule has 4 heteroatoms. The first-order chi connectivity index (χ1) is 10.2. The summed E-state index contributed by atoms with van der Waals surface area (Å²) in [5.74, 6) is 0.570. The van der Waals surface area contributed by atoms with Gasteiger partial charge in [-0.25, -0.2) is 9.37 Å². The number of hydrogen-bond acceptors (Lipinski definition) is 3. The highest BCUT2D eigenvalue weighted by Gasteiger charge is 2.21. The Hall–Kier alpha value is -1.94. The van der Waals surface area contributed by atoms with Crippen LogP contribution in [0.2, 0.25) is 0 Å². The van der Waals surface area contributed by atoms with E-state index in [9.17, 15) is 4.39 Å². The van der Waals surface area contributed by atoms with E-state index in [-0.39, 0.29) is 5.82 Å². The number of aromatic nitrogens is 1. The molecule has 0 aliphatic carbocycles. The molecule has 0 saturated carbocycles. The van der Waals surface area contributed by atoms with E-state index in [1.165, 1.54) is 23.0 Å². The molecule has 2 aromatic rings. The summed E-state index contributed by atoms with van der Waals surface area (Å²) in [6.07, 6.45) is 3.49. The largest absolute Gasteiger partial charge is 0.326 e. The number of hydrogen-bond donors (Lipinski definition) is 1. The second-order valence-electron chi connectivity index (χ2n) is 5.55. The van der Waals surface area contributed by atoms with Crippen LogP contribution in [0.25, 0.3) is 0 Å². The lowest BCUT2D eigenvalue weighted by molar-refractivity contribution is 0.615. The van der Waals surface area contributed by atoms with Gasteiger partial charge in [0.05, 0.1) is 6.20 Å². The Bertz CT molecular complexity index is 654. The normalized spacial score (nSPS) is 14.1. The molecule has 3 rings (SSSR count). The lowest BCUT2D eigenvalue weighted by atomic mass is 9.99. The molecule has 0 unspecified atom stereocenters. The van der Waals surface area contributed by atoms with Crippen molar-refractivity contribution in [2.45, 2.75) is 26.3 Å². The molecule has 0 atom stereocenters. The van der Waals surface area contributed by atoms with Gasteiger partial charge in [0.2, 0.25) is 0 Å². The van der Waals surface area contributed by atoms with Crippen LogP contribution in [-0.4, -0.2) is 18.6 Å². The number of pyridine rings is 1. The zero-order valence-corrected chi connectivity index (χ0v) is 12.5. The van der Waals surface area contributed by atoms with Gasteiger partial charge in [-0.1, -0.05) is 17.7 Å². The van der Waals surface area contributed by atoms with E-state index in [1.807, 2.05) is 7.05 Å². The molecule has 1 N–H and O–H groups in total. The molecule has 3 nitrogen and oxygen atoms in total. The van der Waals surface area contributed by atoms with E-state index in [2.05, 4.69) is 40.3 Å². The molecule has 0 spiro atoms. The molecule has 1 aliphatic rings. The van der Waals surface area contributed by atoms with E-state index in [4.69, 9.17) is 0 Å². The fourth-order valence-corrected chi connectivity index (χ4v) is 2.98. The zero-order valence-electron chi connectivity index (χ0n) is 12.5. The Balaban J connectivity index is 2.06. The monoisotopic (exact) mass is 285 g/mol. The van der Waals surface area contributed by atoms with Crippen LogP contribution in [0.1, 0.15) is 23.1 Å². The van der Waals surface area contributed by atoms with Crippen molar-refractivity contribution >= 4 is 11.5 Å². The molecule has 0 bridgehead atoms. The third-order valence-electron chi connectivity index (χ3n) is 3.89.